The summed E-state index contributed by atoms with van der Waals surface area (Å²) in [7, 11) is 0. The Morgan fingerprint density at radius 2 is 1.64 bits per heavy atom. The predicted octanol–water partition coefficient (Wildman–Crippen LogP) is 5.43. The maximum absolute atomic E-state index is 12.9. The van der Waals surface area contributed by atoms with Gasteiger partial charge in [-0.3, -0.25) is 4.79 Å². The lowest BCUT2D eigenvalue weighted by molar-refractivity contribution is -0.117. The van der Waals surface area contributed by atoms with Crippen LogP contribution in [0, 0.1) is 19.8 Å². The van der Waals surface area contributed by atoms with Crippen molar-refractivity contribution in [3.63, 3.8) is 0 Å². The molecule has 1 unspecified atom stereocenters. The molecule has 0 aliphatic carbocycles. The molecular formula is C24H29N3O. The van der Waals surface area contributed by atoms with Crippen molar-refractivity contribution in [2.24, 2.45) is 5.92 Å². The van der Waals surface area contributed by atoms with Gasteiger partial charge in [0.15, 0.2) is 0 Å². The van der Waals surface area contributed by atoms with Crippen molar-refractivity contribution in [3.8, 4) is 5.69 Å². The first kappa shape index (κ1) is 19.9. The van der Waals surface area contributed by atoms with Gasteiger partial charge in [0, 0.05) is 6.07 Å². The number of carbonyl (C=O) groups excluding carboxylic acids is 1. The molecule has 1 atom stereocenters. The Bertz CT molecular complexity index is 937. The van der Waals surface area contributed by atoms with E-state index in [-0.39, 0.29) is 11.8 Å². The van der Waals surface area contributed by atoms with Crippen molar-refractivity contribution in [2.45, 2.75) is 47.0 Å². The van der Waals surface area contributed by atoms with Crippen LogP contribution in [0.25, 0.3) is 5.69 Å². The van der Waals surface area contributed by atoms with Crippen LogP contribution in [-0.4, -0.2) is 15.7 Å². The van der Waals surface area contributed by atoms with Crippen LogP contribution in [0.5, 0.6) is 0 Å². The fraction of sp³-hybridized carbons (Fsp3) is 0.333. The molecular weight excluding hydrogens is 346 g/mol. The Kier molecular flexibility index (Phi) is 5.98. The van der Waals surface area contributed by atoms with E-state index in [0.717, 1.165) is 23.4 Å². The molecule has 4 heteroatoms. The van der Waals surface area contributed by atoms with E-state index in [9.17, 15) is 4.79 Å². The summed E-state index contributed by atoms with van der Waals surface area (Å²) in [4.78, 5) is 12.9. The topological polar surface area (TPSA) is 46.9 Å². The number of nitrogens with one attached hydrogen (secondary N) is 1. The number of rotatable bonds is 6. The largest absolute Gasteiger partial charge is 0.310 e. The first-order valence-corrected chi connectivity index (χ1v) is 9.87. The maximum atomic E-state index is 12.9. The molecule has 146 valence electrons. The third-order valence-corrected chi connectivity index (χ3v) is 4.88. The number of aromatic nitrogens is 2. The SMILES string of the molecule is Cc1ccc(-n2nc(C)cc2NC(=O)C(C)c2ccc(CC(C)C)cc2)cc1. The zero-order chi connectivity index (χ0) is 20.3. The van der Waals surface area contributed by atoms with Crippen LogP contribution in [0.15, 0.2) is 54.6 Å². The Hall–Kier alpha value is -2.88. The minimum atomic E-state index is -0.241. The second kappa shape index (κ2) is 8.42. The van der Waals surface area contributed by atoms with Crippen molar-refractivity contribution < 1.29 is 4.79 Å². The molecule has 0 fully saturated rings. The van der Waals surface area contributed by atoms with E-state index in [4.69, 9.17) is 0 Å². The number of aryl methyl sites for hydroxylation is 2. The molecule has 1 aromatic heterocycles. The van der Waals surface area contributed by atoms with Gasteiger partial charge in [-0.05, 0) is 56.4 Å². The average Bonchev–Trinajstić information content (AvgIpc) is 3.02. The molecule has 3 aromatic rings. The molecule has 2 aromatic carbocycles. The highest BCUT2D eigenvalue weighted by molar-refractivity contribution is 5.95. The third kappa shape index (κ3) is 4.69. The van der Waals surface area contributed by atoms with Gasteiger partial charge in [-0.2, -0.15) is 5.10 Å². The van der Waals surface area contributed by atoms with Crippen molar-refractivity contribution in [1.82, 2.24) is 9.78 Å². The summed E-state index contributed by atoms with van der Waals surface area (Å²) in [6, 6.07) is 18.4. The highest BCUT2D eigenvalue weighted by atomic mass is 16.2. The van der Waals surface area contributed by atoms with Crippen LogP contribution < -0.4 is 5.32 Å². The van der Waals surface area contributed by atoms with Gasteiger partial charge in [0.05, 0.1) is 17.3 Å². The Balaban J connectivity index is 1.76. The lowest BCUT2D eigenvalue weighted by Crippen LogP contribution is -2.20. The normalized spacial score (nSPS) is 12.2. The van der Waals surface area contributed by atoms with Crippen LogP contribution in [-0.2, 0) is 11.2 Å². The summed E-state index contributed by atoms with van der Waals surface area (Å²) < 4.78 is 1.78. The van der Waals surface area contributed by atoms with Gasteiger partial charge >= 0.3 is 0 Å². The molecule has 1 amide bonds. The number of hydrogen-bond acceptors (Lipinski definition) is 2. The van der Waals surface area contributed by atoms with E-state index in [1.165, 1.54) is 11.1 Å². The van der Waals surface area contributed by atoms with Crippen LogP contribution in [0.4, 0.5) is 5.82 Å². The Labute approximate surface area is 167 Å². The molecule has 0 bridgehead atoms. The van der Waals surface area contributed by atoms with Gasteiger partial charge in [-0.15, -0.1) is 0 Å². The van der Waals surface area contributed by atoms with Crippen molar-refractivity contribution in [1.29, 1.82) is 0 Å². The molecule has 3 rings (SSSR count). The molecule has 0 saturated heterocycles. The number of benzene rings is 2. The van der Waals surface area contributed by atoms with Gasteiger partial charge in [0.2, 0.25) is 5.91 Å². The first-order chi connectivity index (χ1) is 13.3. The Morgan fingerprint density at radius 3 is 2.25 bits per heavy atom. The fourth-order valence-electron chi connectivity index (χ4n) is 3.27. The number of nitrogens with zero attached hydrogens (tertiary/aromatic N) is 2. The number of hydrogen-bond donors (Lipinski definition) is 1. The predicted molar refractivity (Wildman–Crippen MR) is 115 cm³/mol. The van der Waals surface area contributed by atoms with Gasteiger partial charge < -0.3 is 5.32 Å². The highest BCUT2D eigenvalue weighted by Crippen LogP contribution is 2.22. The lowest BCUT2D eigenvalue weighted by atomic mass is 9.96. The summed E-state index contributed by atoms with van der Waals surface area (Å²) in [5.74, 6) is 1.03. The minimum absolute atomic E-state index is 0.0372. The van der Waals surface area contributed by atoms with Gasteiger partial charge in [-0.1, -0.05) is 55.8 Å². The van der Waals surface area contributed by atoms with E-state index in [1.807, 2.05) is 44.2 Å². The molecule has 28 heavy (non-hydrogen) atoms. The second-order valence-corrected chi connectivity index (χ2v) is 7.97. The molecule has 1 N–H and O–H groups in total. The van der Waals surface area contributed by atoms with Gasteiger partial charge in [0.25, 0.3) is 0 Å². The number of anilines is 1. The summed E-state index contributed by atoms with van der Waals surface area (Å²) in [6.07, 6.45) is 1.05. The quantitative estimate of drug-likeness (QED) is 0.624. The van der Waals surface area contributed by atoms with E-state index < -0.39 is 0 Å². The van der Waals surface area contributed by atoms with Crippen molar-refractivity contribution >= 4 is 11.7 Å². The standard InChI is InChI=1S/C24H29N3O/c1-16(2)14-20-8-10-21(11-9-20)19(5)24(28)25-23-15-18(4)26-27(23)22-12-6-17(3)7-13-22/h6-13,15-16,19H,14H2,1-5H3,(H,25,28). The fourth-order valence-corrected chi connectivity index (χ4v) is 3.27. The van der Waals surface area contributed by atoms with E-state index in [0.29, 0.717) is 11.7 Å². The van der Waals surface area contributed by atoms with E-state index >= 15 is 0 Å². The molecule has 0 aliphatic heterocycles. The number of amides is 1. The molecule has 0 radical (unpaired) electrons. The van der Waals surface area contributed by atoms with E-state index in [1.54, 1.807) is 4.68 Å². The summed E-state index contributed by atoms with van der Waals surface area (Å²) in [5, 5.41) is 7.59. The van der Waals surface area contributed by atoms with Crippen molar-refractivity contribution in [2.75, 3.05) is 5.32 Å². The van der Waals surface area contributed by atoms with Crippen LogP contribution in [0.3, 0.4) is 0 Å². The first-order valence-electron chi connectivity index (χ1n) is 9.87. The molecule has 4 nitrogen and oxygen atoms in total. The third-order valence-electron chi connectivity index (χ3n) is 4.88. The van der Waals surface area contributed by atoms with Crippen LogP contribution in [0.1, 0.15) is 49.1 Å². The lowest BCUT2D eigenvalue weighted by Gasteiger charge is -2.15. The van der Waals surface area contributed by atoms with Gasteiger partial charge in [0.1, 0.15) is 5.82 Å². The number of carbonyl (C=O) groups is 1. The second-order valence-electron chi connectivity index (χ2n) is 7.97. The summed E-state index contributed by atoms with van der Waals surface area (Å²) >= 11 is 0. The molecule has 1 heterocycles. The molecule has 0 saturated carbocycles. The molecule has 0 spiro atoms. The summed E-state index contributed by atoms with van der Waals surface area (Å²) in [5.41, 5.74) is 5.30. The summed E-state index contributed by atoms with van der Waals surface area (Å²) in [6.45, 7) is 10.3. The van der Waals surface area contributed by atoms with E-state index in [2.05, 4.69) is 55.5 Å². The highest BCUT2D eigenvalue weighted by Gasteiger charge is 2.18. The maximum Gasteiger partial charge on any atom is 0.232 e. The van der Waals surface area contributed by atoms with Gasteiger partial charge in [-0.25, -0.2) is 4.68 Å². The molecule has 0 aliphatic rings. The zero-order valence-electron chi connectivity index (χ0n) is 17.4. The average molecular weight is 376 g/mol. The van der Waals surface area contributed by atoms with Crippen LogP contribution >= 0.6 is 0 Å². The smallest absolute Gasteiger partial charge is 0.232 e. The monoisotopic (exact) mass is 375 g/mol. The van der Waals surface area contributed by atoms with Crippen LogP contribution in [0.2, 0.25) is 0 Å². The minimum Gasteiger partial charge on any atom is -0.310 e. The zero-order valence-corrected chi connectivity index (χ0v) is 17.4. The van der Waals surface area contributed by atoms with Crippen molar-refractivity contribution in [3.05, 3.63) is 77.0 Å². The Morgan fingerprint density at radius 1 is 1.00 bits per heavy atom.